The molecule has 36 heavy (non-hydrogen) atoms. The SMILES string of the molecule is CCC(C)c1ccc(N2c3ccccc3C3C=C(c4ccc5[nH]c6ccccc6c5c4)C=CC32)cc1. The molecule has 4 aromatic carbocycles. The summed E-state index contributed by atoms with van der Waals surface area (Å²) in [6.45, 7) is 4.56. The van der Waals surface area contributed by atoms with Crippen LogP contribution < -0.4 is 4.90 Å². The van der Waals surface area contributed by atoms with Gasteiger partial charge in [-0.2, -0.15) is 0 Å². The Morgan fingerprint density at radius 3 is 2.47 bits per heavy atom. The molecule has 3 unspecified atom stereocenters. The summed E-state index contributed by atoms with van der Waals surface area (Å²) < 4.78 is 0. The monoisotopic (exact) mass is 466 g/mol. The van der Waals surface area contributed by atoms with Crippen LogP contribution in [0.1, 0.15) is 48.8 Å². The standard InChI is InChI=1S/C34H30N2/c1-3-22(2)23-12-16-26(17-13-23)36-33-11-7-5-9-28(33)30-21-25(15-19-34(30)36)24-14-18-32-29(20-24)27-8-4-6-10-31(27)35-32/h4-22,30,34-35H,3H2,1-2H3. The lowest BCUT2D eigenvalue weighted by Gasteiger charge is -2.30. The Kier molecular flexibility index (Phi) is 4.89. The van der Waals surface area contributed by atoms with Crippen LogP contribution in [0.25, 0.3) is 27.4 Å². The van der Waals surface area contributed by atoms with E-state index < -0.39 is 0 Å². The van der Waals surface area contributed by atoms with Gasteiger partial charge in [0.15, 0.2) is 0 Å². The summed E-state index contributed by atoms with van der Waals surface area (Å²) in [4.78, 5) is 6.07. The molecule has 2 heterocycles. The molecule has 0 amide bonds. The van der Waals surface area contributed by atoms with E-state index in [9.17, 15) is 0 Å². The molecule has 0 bridgehead atoms. The Morgan fingerprint density at radius 1 is 0.833 bits per heavy atom. The van der Waals surface area contributed by atoms with Crippen LogP contribution in [0.3, 0.4) is 0 Å². The van der Waals surface area contributed by atoms with Crippen molar-refractivity contribution >= 4 is 38.8 Å². The first kappa shape index (κ1) is 21.3. The highest BCUT2D eigenvalue weighted by Gasteiger charge is 2.38. The normalized spacial score (nSPS) is 19.4. The molecule has 1 N–H and O–H groups in total. The van der Waals surface area contributed by atoms with Crippen molar-refractivity contribution in [1.82, 2.24) is 4.98 Å². The van der Waals surface area contributed by atoms with E-state index in [1.54, 1.807) is 0 Å². The number of benzene rings is 4. The quantitative estimate of drug-likeness (QED) is 0.280. The molecule has 0 fully saturated rings. The van der Waals surface area contributed by atoms with Crippen molar-refractivity contribution in [2.75, 3.05) is 4.90 Å². The molecule has 0 saturated heterocycles. The van der Waals surface area contributed by atoms with Gasteiger partial charge in [-0.15, -0.1) is 0 Å². The van der Waals surface area contributed by atoms with Gasteiger partial charge in [0.1, 0.15) is 0 Å². The lowest BCUT2D eigenvalue weighted by atomic mass is 9.86. The van der Waals surface area contributed by atoms with Crippen molar-refractivity contribution in [3.63, 3.8) is 0 Å². The fraction of sp³-hybridized carbons (Fsp3) is 0.176. The number of aromatic amines is 1. The molecule has 1 aromatic heterocycles. The highest BCUT2D eigenvalue weighted by Crippen LogP contribution is 2.49. The van der Waals surface area contributed by atoms with E-state index >= 15 is 0 Å². The lowest BCUT2D eigenvalue weighted by molar-refractivity contribution is 0.731. The second-order valence-electron chi connectivity index (χ2n) is 10.3. The molecule has 176 valence electrons. The first-order chi connectivity index (χ1) is 17.7. The minimum Gasteiger partial charge on any atom is -0.355 e. The third kappa shape index (κ3) is 3.25. The van der Waals surface area contributed by atoms with E-state index in [1.165, 1.54) is 55.4 Å². The number of hydrogen-bond acceptors (Lipinski definition) is 1. The summed E-state index contributed by atoms with van der Waals surface area (Å²) in [7, 11) is 0. The molecule has 2 heteroatoms. The average molecular weight is 467 g/mol. The topological polar surface area (TPSA) is 19.0 Å². The van der Waals surface area contributed by atoms with Gasteiger partial charge in [-0.25, -0.2) is 0 Å². The van der Waals surface area contributed by atoms with E-state index in [0.717, 1.165) is 6.42 Å². The summed E-state index contributed by atoms with van der Waals surface area (Å²) in [6, 6.07) is 33.8. The fourth-order valence-corrected chi connectivity index (χ4v) is 6.07. The summed E-state index contributed by atoms with van der Waals surface area (Å²) in [6.07, 6.45) is 8.37. The van der Waals surface area contributed by atoms with Crippen molar-refractivity contribution in [2.24, 2.45) is 0 Å². The second kappa shape index (κ2) is 8.27. The minimum atomic E-state index is 0.289. The zero-order valence-corrected chi connectivity index (χ0v) is 20.8. The van der Waals surface area contributed by atoms with Crippen LogP contribution in [0.5, 0.6) is 0 Å². The molecule has 0 radical (unpaired) electrons. The third-order valence-electron chi connectivity index (χ3n) is 8.25. The van der Waals surface area contributed by atoms with Crippen LogP contribution >= 0.6 is 0 Å². The molecule has 5 aromatic rings. The van der Waals surface area contributed by atoms with E-state index in [4.69, 9.17) is 0 Å². The van der Waals surface area contributed by atoms with Gasteiger partial charge in [-0.05, 0) is 71.0 Å². The van der Waals surface area contributed by atoms with Gasteiger partial charge in [0.2, 0.25) is 0 Å². The zero-order chi connectivity index (χ0) is 24.2. The van der Waals surface area contributed by atoms with Gasteiger partial charge in [0, 0.05) is 39.1 Å². The zero-order valence-electron chi connectivity index (χ0n) is 20.8. The molecular formula is C34H30N2. The Morgan fingerprint density at radius 2 is 1.61 bits per heavy atom. The molecule has 0 saturated carbocycles. The predicted molar refractivity (Wildman–Crippen MR) is 153 cm³/mol. The largest absolute Gasteiger partial charge is 0.355 e. The first-order valence-corrected chi connectivity index (χ1v) is 13.1. The van der Waals surface area contributed by atoms with Crippen LogP contribution in [0, 0.1) is 0 Å². The molecule has 1 aliphatic carbocycles. The van der Waals surface area contributed by atoms with E-state index in [-0.39, 0.29) is 6.04 Å². The molecule has 1 aliphatic heterocycles. The predicted octanol–water partition coefficient (Wildman–Crippen LogP) is 9.09. The van der Waals surface area contributed by atoms with Gasteiger partial charge in [0.25, 0.3) is 0 Å². The van der Waals surface area contributed by atoms with Crippen molar-refractivity contribution in [1.29, 1.82) is 0 Å². The maximum atomic E-state index is 3.55. The number of para-hydroxylation sites is 2. The number of H-pyrrole nitrogens is 1. The van der Waals surface area contributed by atoms with Crippen LogP contribution in [-0.2, 0) is 0 Å². The first-order valence-electron chi connectivity index (χ1n) is 13.1. The number of aromatic nitrogens is 1. The summed E-state index contributed by atoms with van der Waals surface area (Å²) >= 11 is 0. The smallest absolute Gasteiger partial charge is 0.0630 e. The number of allylic oxidation sites excluding steroid dienone is 2. The maximum absolute atomic E-state index is 3.55. The highest BCUT2D eigenvalue weighted by molar-refractivity contribution is 6.08. The van der Waals surface area contributed by atoms with Crippen LogP contribution in [0.4, 0.5) is 11.4 Å². The van der Waals surface area contributed by atoms with Crippen molar-refractivity contribution in [2.45, 2.75) is 38.1 Å². The number of fused-ring (bicyclic) bond motifs is 6. The third-order valence-corrected chi connectivity index (χ3v) is 8.25. The number of nitrogens with one attached hydrogen (secondary N) is 1. The van der Waals surface area contributed by atoms with Crippen LogP contribution in [-0.4, -0.2) is 11.0 Å². The number of rotatable bonds is 4. The summed E-state index contributed by atoms with van der Waals surface area (Å²) in [5.41, 5.74) is 10.4. The molecule has 3 atom stereocenters. The van der Waals surface area contributed by atoms with Crippen LogP contribution in [0.15, 0.2) is 109 Å². The Labute approximate surface area is 212 Å². The minimum absolute atomic E-state index is 0.289. The Hall–Kier alpha value is -4.04. The number of nitrogens with zero attached hydrogens (tertiary/aromatic N) is 1. The fourth-order valence-electron chi connectivity index (χ4n) is 6.07. The van der Waals surface area contributed by atoms with Crippen LogP contribution in [0.2, 0.25) is 0 Å². The number of hydrogen-bond donors (Lipinski definition) is 1. The number of anilines is 2. The van der Waals surface area contributed by atoms with E-state index in [1.807, 2.05) is 0 Å². The second-order valence-corrected chi connectivity index (χ2v) is 10.3. The summed E-state index contributed by atoms with van der Waals surface area (Å²) in [5.74, 6) is 0.918. The van der Waals surface area contributed by atoms with E-state index in [0.29, 0.717) is 11.8 Å². The molecule has 7 rings (SSSR count). The Balaban J connectivity index is 1.28. The van der Waals surface area contributed by atoms with Crippen molar-refractivity contribution in [3.05, 3.63) is 126 Å². The van der Waals surface area contributed by atoms with Crippen molar-refractivity contribution in [3.8, 4) is 0 Å². The van der Waals surface area contributed by atoms with E-state index in [2.05, 4.69) is 133 Å². The Bertz CT molecular complexity index is 1650. The molecule has 2 nitrogen and oxygen atoms in total. The van der Waals surface area contributed by atoms with Gasteiger partial charge < -0.3 is 9.88 Å². The highest BCUT2D eigenvalue weighted by atomic mass is 15.2. The lowest BCUT2D eigenvalue weighted by Crippen LogP contribution is -2.28. The average Bonchev–Trinajstić information content (AvgIpc) is 3.47. The van der Waals surface area contributed by atoms with Gasteiger partial charge in [0.05, 0.1) is 6.04 Å². The maximum Gasteiger partial charge on any atom is 0.0630 e. The van der Waals surface area contributed by atoms with Gasteiger partial charge in [-0.1, -0.05) is 86.7 Å². The summed E-state index contributed by atoms with van der Waals surface area (Å²) in [5, 5.41) is 2.57. The molecular weight excluding hydrogens is 436 g/mol. The molecule has 2 aliphatic rings. The van der Waals surface area contributed by atoms with Gasteiger partial charge >= 0.3 is 0 Å². The molecule has 0 spiro atoms. The van der Waals surface area contributed by atoms with Gasteiger partial charge in [-0.3, -0.25) is 0 Å². The van der Waals surface area contributed by atoms with Crippen molar-refractivity contribution < 1.29 is 0 Å².